The maximum atomic E-state index is 10.7. The van der Waals surface area contributed by atoms with Crippen LogP contribution in [0.4, 0.5) is 0 Å². The van der Waals surface area contributed by atoms with Gasteiger partial charge in [-0.2, -0.15) is 0 Å². The summed E-state index contributed by atoms with van der Waals surface area (Å²) in [6.45, 7) is 6.63. The lowest BCUT2D eigenvalue weighted by Crippen LogP contribution is -2.28. The Bertz CT molecular complexity index is 428. The van der Waals surface area contributed by atoms with Crippen molar-refractivity contribution in [3.63, 3.8) is 0 Å². The van der Waals surface area contributed by atoms with Crippen LogP contribution in [-0.2, 0) is 18.3 Å². The molecule has 0 unspecified atom stereocenters. The van der Waals surface area contributed by atoms with Gasteiger partial charge in [0, 0.05) is 5.56 Å². The molecule has 2 rings (SSSR count). The zero-order valence-electron chi connectivity index (χ0n) is 12.8. The molecule has 0 saturated heterocycles. The van der Waals surface area contributed by atoms with Crippen LogP contribution in [0.3, 0.4) is 0 Å². The van der Waals surface area contributed by atoms with Crippen LogP contribution in [0.25, 0.3) is 0 Å². The highest BCUT2D eigenvalue weighted by Gasteiger charge is 2.34. The zero-order chi connectivity index (χ0) is 13.9. The van der Waals surface area contributed by atoms with Gasteiger partial charge in [0.25, 0.3) is 0 Å². The van der Waals surface area contributed by atoms with E-state index >= 15 is 0 Å². The summed E-state index contributed by atoms with van der Waals surface area (Å²) < 4.78 is 0. The first kappa shape index (κ1) is 14.4. The van der Waals surface area contributed by atoms with Crippen molar-refractivity contribution in [1.82, 2.24) is 0 Å². The molecule has 1 aliphatic carbocycles. The van der Waals surface area contributed by atoms with Crippen LogP contribution in [0, 0.1) is 0 Å². The van der Waals surface area contributed by atoms with Crippen molar-refractivity contribution in [1.29, 1.82) is 0 Å². The molecule has 0 heterocycles. The second kappa shape index (κ2) is 5.98. The minimum absolute atomic E-state index is 0.234. The highest BCUT2D eigenvalue weighted by Crippen LogP contribution is 2.46. The summed E-state index contributed by atoms with van der Waals surface area (Å²) in [5.41, 5.74) is 3.99. The molecular formula is C18H28O. The van der Waals surface area contributed by atoms with Gasteiger partial charge in [-0.3, -0.25) is 0 Å². The van der Waals surface area contributed by atoms with E-state index in [4.69, 9.17) is 0 Å². The highest BCUT2D eigenvalue weighted by molar-refractivity contribution is 5.48. The SMILES string of the molecule is CCc1cc(CC)c(O)c(C2(CC)CCCCC2)c1. The van der Waals surface area contributed by atoms with Crippen LogP contribution in [0.5, 0.6) is 5.75 Å². The summed E-state index contributed by atoms with van der Waals surface area (Å²) in [5.74, 6) is 0.587. The normalized spacial score (nSPS) is 18.5. The quantitative estimate of drug-likeness (QED) is 0.795. The average molecular weight is 260 g/mol. The Kier molecular flexibility index (Phi) is 4.54. The van der Waals surface area contributed by atoms with Crippen molar-refractivity contribution in [2.24, 2.45) is 0 Å². The summed E-state index contributed by atoms with van der Waals surface area (Å²) in [4.78, 5) is 0. The van der Waals surface area contributed by atoms with Crippen LogP contribution >= 0.6 is 0 Å². The monoisotopic (exact) mass is 260 g/mol. The Hall–Kier alpha value is -0.980. The van der Waals surface area contributed by atoms with E-state index in [0.717, 1.165) is 24.8 Å². The number of hydrogen-bond acceptors (Lipinski definition) is 1. The smallest absolute Gasteiger partial charge is 0.122 e. The van der Waals surface area contributed by atoms with Gasteiger partial charge in [0.05, 0.1) is 0 Å². The molecule has 1 aromatic carbocycles. The van der Waals surface area contributed by atoms with Crippen LogP contribution < -0.4 is 0 Å². The highest BCUT2D eigenvalue weighted by atomic mass is 16.3. The van der Waals surface area contributed by atoms with E-state index in [1.165, 1.54) is 43.2 Å². The van der Waals surface area contributed by atoms with E-state index in [1.54, 1.807) is 0 Å². The van der Waals surface area contributed by atoms with Gasteiger partial charge in [0.15, 0.2) is 0 Å². The number of aromatic hydroxyl groups is 1. The van der Waals surface area contributed by atoms with Crippen molar-refractivity contribution in [3.8, 4) is 5.75 Å². The number of hydrogen-bond donors (Lipinski definition) is 1. The van der Waals surface area contributed by atoms with Gasteiger partial charge in [-0.15, -0.1) is 0 Å². The van der Waals surface area contributed by atoms with E-state index in [0.29, 0.717) is 5.75 Å². The topological polar surface area (TPSA) is 20.2 Å². The molecule has 1 fully saturated rings. The Morgan fingerprint density at radius 2 is 1.68 bits per heavy atom. The van der Waals surface area contributed by atoms with Crippen LogP contribution in [-0.4, -0.2) is 5.11 Å². The lowest BCUT2D eigenvalue weighted by Gasteiger charge is -2.38. The molecule has 0 radical (unpaired) electrons. The van der Waals surface area contributed by atoms with Crippen LogP contribution in [0.15, 0.2) is 12.1 Å². The second-order valence-corrected chi connectivity index (χ2v) is 6.05. The van der Waals surface area contributed by atoms with Gasteiger partial charge in [-0.25, -0.2) is 0 Å². The Morgan fingerprint density at radius 3 is 2.21 bits per heavy atom. The molecule has 1 saturated carbocycles. The number of rotatable bonds is 4. The summed E-state index contributed by atoms with van der Waals surface area (Å²) >= 11 is 0. The largest absolute Gasteiger partial charge is 0.507 e. The number of benzene rings is 1. The van der Waals surface area contributed by atoms with Gasteiger partial charge in [0.1, 0.15) is 5.75 Å². The number of phenolic OH excluding ortho intramolecular Hbond substituents is 1. The molecule has 0 aliphatic heterocycles. The first-order valence-corrected chi connectivity index (χ1v) is 8.02. The van der Waals surface area contributed by atoms with E-state index in [2.05, 4.69) is 32.9 Å². The molecular weight excluding hydrogens is 232 g/mol. The zero-order valence-corrected chi connectivity index (χ0v) is 12.8. The average Bonchev–Trinajstić information content (AvgIpc) is 2.48. The van der Waals surface area contributed by atoms with Gasteiger partial charge in [-0.1, -0.05) is 52.2 Å². The standard InChI is InChI=1S/C18H28O/c1-4-14-12-15(5-2)17(19)16(13-14)18(6-3)10-8-7-9-11-18/h12-13,19H,4-11H2,1-3H3. The maximum Gasteiger partial charge on any atom is 0.122 e. The molecule has 1 aromatic rings. The third-order valence-electron chi connectivity index (χ3n) is 5.10. The molecule has 1 aliphatic rings. The molecule has 0 aromatic heterocycles. The first-order chi connectivity index (χ1) is 9.16. The molecule has 0 spiro atoms. The van der Waals surface area contributed by atoms with Gasteiger partial charge in [-0.05, 0) is 48.6 Å². The van der Waals surface area contributed by atoms with Crippen molar-refractivity contribution in [2.75, 3.05) is 0 Å². The van der Waals surface area contributed by atoms with Crippen molar-refractivity contribution < 1.29 is 5.11 Å². The Morgan fingerprint density at radius 1 is 1.00 bits per heavy atom. The lowest BCUT2D eigenvalue weighted by atomic mass is 9.67. The summed E-state index contributed by atoms with van der Waals surface area (Å²) in [7, 11) is 0. The minimum atomic E-state index is 0.234. The van der Waals surface area contributed by atoms with E-state index in [1.807, 2.05) is 0 Å². The second-order valence-electron chi connectivity index (χ2n) is 6.05. The third kappa shape index (κ3) is 2.66. The molecule has 1 N–H and O–H groups in total. The third-order valence-corrected chi connectivity index (χ3v) is 5.10. The van der Waals surface area contributed by atoms with Gasteiger partial charge in [0.2, 0.25) is 0 Å². The summed E-state index contributed by atoms with van der Waals surface area (Å²) in [5, 5.41) is 10.7. The first-order valence-electron chi connectivity index (χ1n) is 8.02. The number of phenols is 1. The van der Waals surface area contributed by atoms with E-state index in [-0.39, 0.29) is 5.41 Å². The van der Waals surface area contributed by atoms with Crippen LogP contribution in [0.2, 0.25) is 0 Å². The Labute approximate surface area is 118 Å². The lowest BCUT2D eigenvalue weighted by molar-refractivity contribution is 0.273. The Balaban J connectivity index is 2.52. The fraction of sp³-hybridized carbons (Fsp3) is 0.667. The predicted octanol–water partition coefficient (Wildman–Crippen LogP) is 5.13. The van der Waals surface area contributed by atoms with Crippen LogP contribution in [0.1, 0.15) is 76.0 Å². The van der Waals surface area contributed by atoms with E-state index in [9.17, 15) is 5.11 Å². The number of aryl methyl sites for hydroxylation is 2. The molecule has 19 heavy (non-hydrogen) atoms. The fourth-order valence-electron chi connectivity index (χ4n) is 3.68. The summed E-state index contributed by atoms with van der Waals surface area (Å²) in [6.07, 6.45) is 9.59. The van der Waals surface area contributed by atoms with E-state index < -0.39 is 0 Å². The molecule has 0 atom stereocenters. The fourth-order valence-corrected chi connectivity index (χ4v) is 3.68. The molecule has 0 bridgehead atoms. The van der Waals surface area contributed by atoms with Gasteiger partial charge < -0.3 is 5.11 Å². The maximum absolute atomic E-state index is 10.7. The predicted molar refractivity (Wildman–Crippen MR) is 81.9 cm³/mol. The molecule has 106 valence electrons. The van der Waals surface area contributed by atoms with Crippen molar-refractivity contribution >= 4 is 0 Å². The molecule has 0 amide bonds. The molecule has 1 nitrogen and oxygen atoms in total. The van der Waals surface area contributed by atoms with Gasteiger partial charge >= 0.3 is 0 Å². The minimum Gasteiger partial charge on any atom is -0.507 e. The summed E-state index contributed by atoms with van der Waals surface area (Å²) in [6, 6.07) is 4.47. The van der Waals surface area contributed by atoms with Crippen molar-refractivity contribution in [2.45, 2.75) is 77.6 Å². The van der Waals surface area contributed by atoms with Crippen molar-refractivity contribution in [3.05, 3.63) is 28.8 Å². The molecule has 1 heteroatoms.